The lowest BCUT2D eigenvalue weighted by Crippen LogP contribution is -2.61. The molecule has 5 atom stereocenters. The number of hydrogen-bond acceptors (Lipinski definition) is 8. The molecule has 348 valence electrons. The molecule has 67 heavy (non-hydrogen) atoms. The third-order valence-electron chi connectivity index (χ3n) is 15.6. The molecule has 2 unspecified atom stereocenters. The van der Waals surface area contributed by atoms with E-state index in [1.807, 2.05) is 36.1 Å². The largest absolute Gasteiger partial charge is 0.374 e. The molecule has 4 N–H and O–H groups in total. The van der Waals surface area contributed by atoms with Gasteiger partial charge in [0, 0.05) is 65.0 Å². The van der Waals surface area contributed by atoms with Gasteiger partial charge in [0.2, 0.25) is 23.6 Å². The Kier molecular flexibility index (Phi) is 12.1. The van der Waals surface area contributed by atoms with Gasteiger partial charge >= 0.3 is 0 Å². The van der Waals surface area contributed by atoms with Crippen LogP contribution in [0.15, 0.2) is 84.9 Å². The van der Waals surface area contributed by atoms with E-state index in [2.05, 4.69) is 33.0 Å². The topological polar surface area (TPSA) is 151 Å². The number of hydrogen-bond donors (Lipinski definition) is 4. The fraction of sp³-hybridized carbons (Fsp3) is 0.404. The number of aliphatic hydroxyl groups is 1. The van der Waals surface area contributed by atoms with Gasteiger partial charge in [0.25, 0.3) is 5.91 Å². The van der Waals surface area contributed by atoms with Crippen molar-refractivity contribution in [1.82, 2.24) is 20.0 Å². The first-order valence-corrected chi connectivity index (χ1v) is 24.2. The maximum absolute atomic E-state index is 16.5. The monoisotopic (exact) mass is 946 g/mol. The van der Waals surface area contributed by atoms with Crippen molar-refractivity contribution >= 4 is 70.2 Å². The Morgan fingerprint density at radius 1 is 0.910 bits per heavy atom. The molecule has 1 saturated carbocycles. The molecular weight excluding hydrogens is 895 g/mol. The Bertz CT molecular complexity index is 2700. The van der Waals surface area contributed by atoms with Gasteiger partial charge in [0.05, 0.1) is 17.1 Å². The molecule has 0 aromatic heterocycles. The lowest BCUT2D eigenvalue weighted by Gasteiger charge is -2.50. The summed E-state index contributed by atoms with van der Waals surface area (Å²) in [6.45, 7) is 3.92. The quantitative estimate of drug-likeness (QED) is 0.129. The molecule has 12 nitrogen and oxygen atoms in total. The molecule has 5 amide bonds. The SMILES string of the molecule is CCN1[C@@H](C(=O)Nc2ccc(C(=O)N3CCC(/C=C\c4cccc5c4CN(C4CCC(=O)NC4=O)C5O)CC3)cc2)[C@H](c2cccc(Cl)c2F)[C@]2(C(=O)Nc3cc(Cl)ccc32)C12CCCCC2. The number of aliphatic hydroxyl groups excluding tert-OH is 1. The van der Waals surface area contributed by atoms with Crippen molar-refractivity contribution in [3.8, 4) is 0 Å². The predicted octanol–water partition coefficient (Wildman–Crippen LogP) is 8.33. The van der Waals surface area contributed by atoms with Gasteiger partial charge in [0.15, 0.2) is 0 Å². The number of nitrogens with zero attached hydrogens (tertiary/aromatic N) is 3. The van der Waals surface area contributed by atoms with Crippen molar-refractivity contribution in [1.29, 1.82) is 0 Å². The number of likely N-dealkylation sites (N-methyl/N-ethyl adjacent to an activating group) is 1. The van der Waals surface area contributed by atoms with Crippen LogP contribution in [0.25, 0.3) is 6.08 Å². The highest BCUT2D eigenvalue weighted by Crippen LogP contribution is 2.66. The van der Waals surface area contributed by atoms with Crippen LogP contribution >= 0.6 is 23.2 Å². The van der Waals surface area contributed by atoms with E-state index in [1.54, 1.807) is 53.4 Å². The fourth-order valence-electron chi connectivity index (χ4n) is 12.6. The van der Waals surface area contributed by atoms with Crippen molar-refractivity contribution in [3.05, 3.63) is 134 Å². The zero-order valence-corrected chi connectivity index (χ0v) is 38.7. The second-order valence-corrected chi connectivity index (χ2v) is 19.7. The summed E-state index contributed by atoms with van der Waals surface area (Å²) in [6, 6.07) is 21.2. The molecule has 10 rings (SSSR count). The minimum Gasteiger partial charge on any atom is -0.374 e. The molecule has 0 bridgehead atoms. The summed E-state index contributed by atoms with van der Waals surface area (Å²) in [7, 11) is 0. The third-order valence-corrected chi connectivity index (χ3v) is 16.1. The minimum absolute atomic E-state index is 0.0895. The van der Waals surface area contributed by atoms with E-state index in [-0.39, 0.29) is 52.5 Å². The van der Waals surface area contributed by atoms with Gasteiger partial charge in [-0.3, -0.25) is 39.1 Å². The summed E-state index contributed by atoms with van der Waals surface area (Å²) in [5.74, 6) is -2.84. The first-order chi connectivity index (χ1) is 32.4. The Balaban J connectivity index is 0.847. The first kappa shape index (κ1) is 45.3. The maximum atomic E-state index is 16.5. The molecule has 1 aliphatic carbocycles. The molecule has 5 heterocycles. The van der Waals surface area contributed by atoms with Crippen LogP contribution in [0.3, 0.4) is 0 Å². The predicted molar refractivity (Wildman–Crippen MR) is 254 cm³/mol. The van der Waals surface area contributed by atoms with E-state index in [0.717, 1.165) is 48.8 Å². The summed E-state index contributed by atoms with van der Waals surface area (Å²) in [5, 5.41) is 20.1. The third kappa shape index (κ3) is 7.49. The Hall–Kier alpha value is -5.44. The number of anilines is 2. The number of piperidine rings is 2. The van der Waals surface area contributed by atoms with Crippen molar-refractivity contribution in [2.45, 2.75) is 106 Å². The normalized spacial score (nSPS) is 26.3. The van der Waals surface area contributed by atoms with Gasteiger partial charge < -0.3 is 20.6 Å². The highest BCUT2D eigenvalue weighted by atomic mass is 35.5. The van der Waals surface area contributed by atoms with E-state index < -0.39 is 41.0 Å². The van der Waals surface area contributed by atoms with Gasteiger partial charge in [-0.1, -0.05) is 97.9 Å². The van der Waals surface area contributed by atoms with Gasteiger partial charge in [-0.15, -0.1) is 0 Å². The van der Waals surface area contributed by atoms with Crippen molar-refractivity contribution in [3.63, 3.8) is 0 Å². The average Bonchev–Trinajstić information content (AvgIpc) is 3.91. The lowest BCUT2D eigenvalue weighted by atomic mass is 9.55. The van der Waals surface area contributed by atoms with Gasteiger partial charge in [0.1, 0.15) is 17.5 Å². The van der Waals surface area contributed by atoms with Crippen LogP contribution in [0.5, 0.6) is 0 Å². The Morgan fingerprint density at radius 3 is 2.37 bits per heavy atom. The molecule has 6 aliphatic rings. The number of nitrogens with one attached hydrogen (secondary N) is 3. The number of likely N-dealkylation sites (tertiary alicyclic amines) is 2. The number of carbonyl (C=O) groups is 5. The molecular formula is C52H53Cl2FN6O6. The summed E-state index contributed by atoms with van der Waals surface area (Å²) < 4.78 is 16.5. The van der Waals surface area contributed by atoms with Crippen LogP contribution in [0.2, 0.25) is 10.0 Å². The fourth-order valence-corrected chi connectivity index (χ4v) is 13.0. The van der Waals surface area contributed by atoms with E-state index in [4.69, 9.17) is 23.2 Å². The van der Waals surface area contributed by atoms with E-state index in [0.29, 0.717) is 73.0 Å². The molecule has 4 aromatic carbocycles. The molecule has 15 heteroatoms. The van der Waals surface area contributed by atoms with E-state index in [1.165, 1.54) is 6.07 Å². The lowest BCUT2D eigenvalue weighted by molar-refractivity contribution is -0.141. The first-order valence-electron chi connectivity index (χ1n) is 23.5. The summed E-state index contributed by atoms with van der Waals surface area (Å²) in [4.78, 5) is 73.9. The highest BCUT2D eigenvalue weighted by Gasteiger charge is 2.75. The highest BCUT2D eigenvalue weighted by molar-refractivity contribution is 6.31. The Labute approximate surface area is 398 Å². The molecule has 0 radical (unpaired) electrons. The summed E-state index contributed by atoms with van der Waals surface area (Å²) in [5.41, 5.74) is 2.93. The number of halogens is 3. The molecule has 5 aliphatic heterocycles. The summed E-state index contributed by atoms with van der Waals surface area (Å²) >= 11 is 12.9. The molecule has 2 spiro atoms. The van der Waals surface area contributed by atoms with Crippen LogP contribution in [-0.2, 0) is 31.1 Å². The van der Waals surface area contributed by atoms with Crippen molar-refractivity contribution < 1.29 is 33.5 Å². The average molecular weight is 948 g/mol. The zero-order valence-electron chi connectivity index (χ0n) is 37.2. The standard InChI is InChI=1S/C52H53Cl2FN6O6/c1-2-61-45(43(36-10-7-11-39(54)44(36)55)52(51(61)24-4-3-5-25-51)38-19-16-33(53)28-40(38)57-50(52)67)47(64)56-34-17-14-32(15-18-34)48(65)59-26-22-30(23-27-59)12-13-31-8-6-9-35-37(31)29-60(49(35)66)41-20-21-42(62)58-46(41)63/h6-19,28,30,41,43,45,49,66H,2-5,20-27,29H2,1H3,(H,56,64)(H,57,67)(H,58,62,63)/b13-12-/t41?,43-,45+,49?,52+/m0/s1. The molecule has 4 fully saturated rings. The second kappa shape index (κ2) is 17.9. The Morgan fingerprint density at radius 2 is 1.64 bits per heavy atom. The number of imide groups is 1. The number of rotatable bonds is 8. The van der Waals surface area contributed by atoms with E-state index >= 15 is 9.18 Å². The van der Waals surface area contributed by atoms with Crippen LogP contribution in [0.4, 0.5) is 15.8 Å². The number of carbonyl (C=O) groups excluding carboxylic acids is 5. The molecule has 4 aromatic rings. The smallest absolute Gasteiger partial charge is 0.253 e. The van der Waals surface area contributed by atoms with Crippen molar-refractivity contribution in [2.75, 3.05) is 30.3 Å². The summed E-state index contributed by atoms with van der Waals surface area (Å²) in [6.07, 6.45) is 9.35. The van der Waals surface area contributed by atoms with Crippen LogP contribution < -0.4 is 16.0 Å². The van der Waals surface area contributed by atoms with Crippen LogP contribution in [0, 0.1) is 11.7 Å². The van der Waals surface area contributed by atoms with Crippen LogP contribution in [0.1, 0.15) is 115 Å². The number of amides is 5. The number of benzene rings is 4. The van der Waals surface area contributed by atoms with Gasteiger partial charge in [-0.25, -0.2) is 4.39 Å². The van der Waals surface area contributed by atoms with E-state index in [9.17, 15) is 24.3 Å². The van der Waals surface area contributed by atoms with Gasteiger partial charge in [-0.05, 0) is 109 Å². The van der Waals surface area contributed by atoms with Gasteiger partial charge in [-0.2, -0.15) is 0 Å². The minimum atomic E-state index is -1.34. The van der Waals surface area contributed by atoms with Crippen LogP contribution in [-0.4, -0.2) is 86.6 Å². The number of allylic oxidation sites excluding steroid dienone is 1. The zero-order chi connectivity index (χ0) is 46.8. The molecule has 3 saturated heterocycles. The number of fused-ring (bicyclic) bond motifs is 4. The van der Waals surface area contributed by atoms with Crippen molar-refractivity contribution in [2.24, 2.45) is 5.92 Å². The second-order valence-electron chi connectivity index (χ2n) is 18.9. The maximum Gasteiger partial charge on any atom is 0.253 e.